The number of carbonyl (C=O) groups excluding carboxylic acids is 3. The third-order valence-electron chi connectivity index (χ3n) is 5.51. The molecule has 2 heterocycles. The van der Waals surface area contributed by atoms with Crippen LogP contribution in [0, 0.1) is 0 Å². The molecule has 0 saturated heterocycles. The molecule has 11 heteroatoms. The van der Waals surface area contributed by atoms with Crippen LogP contribution in [-0.2, 0) is 32.1 Å². The Balaban J connectivity index is 1.98. The third kappa shape index (κ3) is 8.72. The second kappa shape index (κ2) is 13.8. The van der Waals surface area contributed by atoms with Crippen molar-refractivity contribution in [1.82, 2.24) is 15.6 Å². The molecule has 0 radical (unpaired) electrons. The Labute approximate surface area is 231 Å². The minimum Gasteiger partial charge on any atom is -0.456 e. The van der Waals surface area contributed by atoms with Gasteiger partial charge in [-0.3, -0.25) is 14.6 Å². The number of hydrogen-bond acceptors (Lipinski definition) is 9. The van der Waals surface area contributed by atoms with Crippen molar-refractivity contribution >= 4 is 58.6 Å². The summed E-state index contributed by atoms with van der Waals surface area (Å²) in [5.74, 6) is -0.693. The molecule has 0 spiro atoms. The number of ether oxygens (including phenoxy) is 1. The van der Waals surface area contributed by atoms with E-state index in [4.69, 9.17) is 4.74 Å². The van der Waals surface area contributed by atoms with Gasteiger partial charge in [0.2, 0.25) is 11.8 Å². The van der Waals surface area contributed by atoms with Crippen LogP contribution in [0.4, 0.5) is 0 Å². The van der Waals surface area contributed by atoms with Gasteiger partial charge in [-0.2, -0.15) is 12.6 Å². The molecule has 2 bridgehead atoms. The molecule has 2 amide bonds. The van der Waals surface area contributed by atoms with Crippen molar-refractivity contribution in [2.45, 2.75) is 57.3 Å². The molecule has 2 N–H and O–H groups in total. The summed E-state index contributed by atoms with van der Waals surface area (Å²) in [6.45, 7) is 3.64. The molecule has 1 aliphatic rings. The van der Waals surface area contributed by atoms with Crippen molar-refractivity contribution in [1.29, 1.82) is 0 Å². The van der Waals surface area contributed by atoms with E-state index in [0.717, 1.165) is 5.56 Å². The normalized spacial score (nSPS) is 21.2. The minimum absolute atomic E-state index is 0.0535. The first-order valence-electron chi connectivity index (χ1n) is 11.9. The van der Waals surface area contributed by atoms with E-state index < -0.39 is 29.6 Å². The molecular formula is C26H32N4O4S3. The second-order valence-electron chi connectivity index (χ2n) is 8.92. The van der Waals surface area contributed by atoms with Crippen molar-refractivity contribution in [2.24, 2.45) is 4.99 Å². The van der Waals surface area contributed by atoms with Gasteiger partial charge in [-0.1, -0.05) is 36.4 Å². The average molecular weight is 561 g/mol. The first-order valence-corrected chi connectivity index (χ1v) is 14.6. The van der Waals surface area contributed by atoms with Crippen LogP contribution in [0.2, 0.25) is 0 Å². The van der Waals surface area contributed by atoms with Gasteiger partial charge in [0.1, 0.15) is 33.4 Å². The molecule has 8 nitrogen and oxygen atoms in total. The van der Waals surface area contributed by atoms with Crippen LogP contribution in [0.3, 0.4) is 0 Å². The first-order chi connectivity index (χ1) is 17.7. The standard InChI is InChI=1S/C26H32N4O4S3/c1-26(2)25(33)29-19(13-17-9-5-4-6-10-17)24(32)34-18(11-7-8-12-35)14-21(31)27-15-22-28-20(16-37-22)23(30-26)36-3/h4-7,9-11,16,18-19,35H,8,12-15H2,1-3H3,(H,27,31)(H,29,33)/b11-7+,30-23?/t18-,19+/m1/s1. The molecule has 198 valence electrons. The van der Waals surface area contributed by atoms with Crippen LogP contribution in [-0.4, -0.2) is 57.5 Å². The van der Waals surface area contributed by atoms with E-state index in [1.165, 1.54) is 23.1 Å². The summed E-state index contributed by atoms with van der Waals surface area (Å²) < 4.78 is 5.76. The molecule has 0 fully saturated rings. The van der Waals surface area contributed by atoms with Crippen LogP contribution in [0.5, 0.6) is 0 Å². The number of nitrogens with zero attached hydrogens (tertiary/aromatic N) is 2. The number of esters is 1. The van der Waals surface area contributed by atoms with Gasteiger partial charge in [0.15, 0.2) is 0 Å². The monoisotopic (exact) mass is 560 g/mol. The predicted octanol–water partition coefficient (Wildman–Crippen LogP) is 3.57. The highest BCUT2D eigenvalue weighted by molar-refractivity contribution is 8.13. The highest BCUT2D eigenvalue weighted by atomic mass is 32.2. The molecule has 37 heavy (non-hydrogen) atoms. The van der Waals surface area contributed by atoms with E-state index in [1.807, 2.05) is 48.0 Å². The predicted molar refractivity (Wildman–Crippen MR) is 152 cm³/mol. The fraction of sp³-hybridized carbons (Fsp3) is 0.423. The van der Waals surface area contributed by atoms with Gasteiger partial charge < -0.3 is 15.4 Å². The SMILES string of the molecule is CSC1=NC(C)(C)C(=O)N[C@@H](Cc2ccccc2)C(=O)O[C@H](/C=C/CCS)CC(=O)NCc2nc1cs2. The van der Waals surface area contributed by atoms with Gasteiger partial charge in [-0.15, -0.1) is 23.1 Å². The van der Waals surface area contributed by atoms with Gasteiger partial charge in [0.25, 0.3) is 0 Å². The number of thiol groups is 1. The molecular weight excluding hydrogens is 529 g/mol. The minimum atomic E-state index is -1.17. The van der Waals surface area contributed by atoms with Crippen LogP contribution in [0.15, 0.2) is 52.9 Å². The van der Waals surface area contributed by atoms with Gasteiger partial charge in [-0.05, 0) is 43.9 Å². The fourth-order valence-corrected chi connectivity index (χ4v) is 5.09. The van der Waals surface area contributed by atoms with E-state index in [0.29, 0.717) is 27.9 Å². The number of aliphatic imine (C=N–C) groups is 1. The van der Waals surface area contributed by atoms with Gasteiger partial charge in [-0.25, -0.2) is 9.78 Å². The number of aromatic nitrogens is 1. The van der Waals surface area contributed by atoms with Crippen molar-refractivity contribution in [3.63, 3.8) is 0 Å². The molecule has 1 aromatic carbocycles. The zero-order valence-corrected chi connectivity index (χ0v) is 23.6. The zero-order valence-electron chi connectivity index (χ0n) is 21.1. The van der Waals surface area contributed by atoms with Crippen molar-refractivity contribution in [3.8, 4) is 0 Å². The number of thiazole rings is 1. The fourth-order valence-electron chi connectivity index (χ4n) is 3.51. The lowest BCUT2D eigenvalue weighted by Crippen LogP contribution is -2.51. The largest absolute Gasteiger partial charge is 0.456 e. The van der Waals surface area contributed by atoms with Crippen molar-refractivity contribution in [2.75, 3.05) is 12.0 Å². The maximum Gasteiger partial charge on any atom is 0.329 e. The molecule has 1 aliphatic heterocycles. The Bertz CT molecular complexity index is 1150. The van der Waals surface area contributed by atoms with Crippen LogP contribution in [0.1, 0.15) is 43.0 Å². The summed E-state index contributed by atoms with van der Waals surface area (Å²) in [6, 6.07) is 8.41. The topological polar surface area (TPSA) is 110 Å². The Hall–Kier alpha value is -2.63. The van der Waals surface area contributed by atoms with E-state index in [2.05, 4.69) is 33.2 Å². The Morgan fingerprint density at radius 1 is 1.24 bits per heavy atom. The highest BCUT2D eigenvalue weighted by Crippen LogP contribution is 2.21. The number of fused-ring (bicyclic) bond motifs is 2. The number of rotatable bonds is 5. The maximum atomic E-state index is 13.4. The molecule has 0 saturated carbocycles. The number of allylic oxidation sites excluding steroid dienone is 1. The lowest BCUT2D eigenvalue weighted by Gasteiger charge is -2.26. The third-order valence-corrected chi connectivity index (χ3v) is 7.30. The highest BCUT2D eigenvalue weighted by Gasteiger charge is 2.34. The van der Waals surface area contributed by atoms with Crippen molar-refractivity contribution in [3.05, 3.63) is 64.1 Å². The number of nitrogens with one attached hydrogen (secondary N) is 2. The first kappa shape index (κ1) is 28.9. The number of cyclic esters (lactones) is 1. The maximum absolute atomic E-state index is 13.4. The molecule has 2 atom stereocenters. The summed E-state index contributed by atoms with van der Waals surface area (Å²) in [6.07, 6.45) is 5.43. The number of carbonyl (C=O) groups is 3. The van der Waals surface area contributed by atoms with Gasteiger partial charge in [0, 0.05) is 11.8 Å². The lowest BCUT2D eigenvalue weighted by molar-refractivity contribution is -0.152. The Kier molecular flexibility index (Phi) is 10.8. The Morgan fingerprint density at radius 3 is 2.70 bits per heavy atom. The van der Waals surface area contributed by atoms with Crippen LogP contribution < -0.4 is 10.6 Å². The van der Waals surface area contributed by atoms with E-state index in [-0.39, 0.29) is 25.3 Å². The quantitative estimate of drug-likeness (QED) is 0.293. The lowest BCUT2D eigenvalue weighted by atomic mass is 10.0. The molecule has 0 unspecified atom stereocenters. The summed E-state index contributed by atoms with van der Waals surface area (Å²) in [7, 11) is 0. The van der Waals surface area contributed by atoms with Gasteiger partial charge in [0.05, 0.1) is 13.0 Å². The summed E-state index contributed by atoms with van der Waals surface area (Å²) >= 11 is 6.99. The van der Waals surface area contributed by atoms with Crippen LogP contribution >= 0.6 is 35.7 Å². The van der Waals surface area contributed by atoms with Crippen LogP contribution in [0.25, 0.3) is 0 Å². The summed E-state index contributed by atoms with van der Waals surface area (Å²) in [5, 5.41) is 8.86. The summed E-state index contributed by atoms with van der Waals surface area (Å²) in [4.78, 5) is 48.7. The van der Waals surface area contributed by atoms with E-state index >= 15 is 0 Å². The smallest absolute Gasteiger partial charge is 0.329 e. The number of hydrogen-bond donors (Lipinski definition) is 3. The zero-order chi connectivity index (χ0) is 26.8. The molecule has 3 rings (SSSR count). The average Bonchev–Trinajstić information content (AvgIpc) is 3.34. The number of amides is 2. The molecule has 0 aliphatic carbocycles. The molecule has 1 aromatic heterocycles. The second-order valence-corrected chi connectivity index (χ2v) is 11.1. The molecule has 2 aromatic rings. The number of benzene rings is 1. The van der Waals surface area contributed by atoms with E-state index in [9.17, 15) is 14.4 Å². The van der Waals surface area contributed by atoms with Gasteiger partial charge >= 0.3 is 5.97 Å². The summed E-state index contributed by atoms with van der Waals surface area (Å²) in [5.41, 5.74) is 0.330. The van der Waals surface area contributed by atoms with E-state index in [1.54, 1.807) is 19.9 Å². The Morgan fingerprint density at radius 2 is 2.00 bits per heavy atom. The van der Waals surface area contributed by atoms with Crippen molar-refractivity contribution < 1.29 is 19.1 Å². The number of thioether (sulfide) groups is 1.